The van der Waals surface area contributed by atoms with Crippen LogP contribution in [-0.2, 0) is 0 Å². The van der Waals surface area contributed by atoms with Gasteiger partial charge in [0, 0.05) is 17.4 Å². The second kappa shape index (κ2) is 4.45. The van der Waals surface area contributed by atoms with E-state index in [1.54, 1.807) is 12.1 Å². The maximum Gasteiger partial charge on any atom is 0.186 e. The zero-order valence-corrected chi connectivity index (χ0v) is 8.76. The molecule has 1 aliphatic heterocycles. The molecule has 0 unspecified atom stereocenters. The lowest BCUT2D eigenvalue weighted by Gasteiger charge is -1.96. The maximum atomic E-state index is 12.7. The van der Waals surface area contributed by atoms with Crippen LogP contribution in [0.5, 0.6) is 0 Å². The predicted molar refractivity (Wildman–Crippen MR) is 60.3 cm³/mol. The van der Waals surface area contributed by atoms with Crippen molar-refractivity contribution in [2.75, 3.05) is 0 Å². The van der Waals surface area contributed by atoms with Gasteiger partial charge in [-0.2, -0.15) is 0 Å². The minimum Gasteiger partial charge on any atom is -0.289 e. The first kappa shape index (κ1) is 10.2. The fourth-order valence-corrected chi connectivity index (χ4v) is 2.07. The summed E-state index contributed by atoms with van der Waals surface area (Å²) in [5, 5.41) is 1.43. The minimum absolute atomic E-state index is 0.0683. The third-order valence-corrected chi connectivity index (χ3v) is 2.97. The van der Waals surface area contributed by atoms with Crippen molar-refractivity contribution in [1.29, 1.82) is 0 Å². The summed E-state index contributed by atoms with van der Waals surface area (Å²) in [6.07, 6.45) is 1.76. The molecular weight excluding hydrogens is 211 g/mol. The summed E-state index contributed by atoms with van der Waals surface area (Å²) in [5.41, 5.74) is 0.637. The molecule has 0 N–H and O–H groups in total. The monoisotopic (exact) mass is 220 g/mol. The van der Waals surface area contributed by atoms with E-state index < -0.39 is 0 Å². The first-order valence-corrected chi connectivity index (χ1v) is 5.45. The van der Waals surface area contributed by atoms with E-state index in [9.17, 15) is 9.18 Å². The van der Waals surface area contributed by atoms with Gasteiger partial charge in [-0.1, -0.05) is 42.1 Å². The summed E-state index contributed by atoms with van der Waals surface area (Å²) in [6, 6.07) is 8.99. The number of allylic oxidation sites excluding steroid dienone is 3. The van der Waals surface area contributed by atoms with Gasteiger partial charge in [0.15, 0.2) is 5.78 Å². The van der Waals surface area contributed by atoms with Crippen molar-refractivity contribution in [2.45, 2.75) is 6.42 Å². The molecule has 76 valence electrons. The Morgan fingerprint density at radius 2 is 2.07 bits per heavy atom. The molecule has 1 heterocycles. The van der Waals surface area contributed by atoms with Crippen molar-refractivity contribution in [2.24, 2.45) is 0 Å². The number of ketones is 1. The number of hydrogen-bond donors (Lipinski definition) is 0. The molecule has 0 spiro atoms. The van der Waals surface area contributed by atoms with Crippen LogP contribution in [-0.4, -0.2) is 5.78 Å². The molecule has 0 bridgehead atoms. The summed E-state index contributed by atoms with van der Waals surface area (Å²) < 4.78 is 12.7. The Kier molecular flexibility index (Phi) is 3.02. The molecule has 0 aliphatic carbocycles. The van der Waals surface area contributed by atoms with E-state index in [4.69, 9.17) is 0 Å². The fraction of sp³-hybridized carbons (Fsp3) is 0.0833. The van der Waals surface area contributed by atoms with E-state index in [-0.39, 0.29) is 18.0 Å². The molecule has 1 aromatic carbocycles. The number of rotatable bonds is 2. The third kappa shape index (κ3) is 2.57. The van der Waals surface area contributed by atoms with Crippen LogP contribution in [0.2, 0.25) is 0 Å². The molecule has 0 radical (unpaired) electrons. The maximum absolute atomic E-state index is 12.7. The van der Waals surface area contributed by atoms with Crippen LogP contribution in [0, 0.1) is 0 Å². The number of benzene rings is 1. The molecule has 1 aromatic rings. The smallest absolute Gasteiger partial charge is 0.186 e. The van der Waals surface area contributed by atoms with Crippen LogP contribution in [0.25, 0.3) is 0 Å². The van der Waals surface area contributed by atoms with Gasteiger partial charge >= 0.3 is 0 Å². The Labute approximate surface area is 91.7 Å². The Hall–Kier alpha value is -1.35. The minimum atomic E-state index is -0.174. The molecule has 0 saturated heterocycles. The SMILES string of the molecule is O=C(C=C1CC(F)=CS1)c1ccccc1. The van der Waals surface area contributed by atoms with Gasteiger partial charge in [0.25, 0.3) is 0 Å². The molecule has 0 aromatic heterocycles. The molecule has 0 fully saturated rings. The van der Waals surface area contributed by atoms with Crippen LogP contribution in [0.1, 0.15) is 16.8 Å². The molecule has 1 nitrogen and oxygen atoms in total. The zero-order chi connectivity index (χ0) is 10.7. The van der Waals surface area contributed by atoms with Crippen LogP contribution in [0.4, 0.5) is 4.39 Å². The van der Waals surface area contributed by atoms with E-state index in [1.807, 2.05) is 18.2 Å². The quantitative estimate of drug-likeness (QED) is 0.558. The Balaban J connectivity index is 2.11. The van der Waals surface area contributed by atoms with Crippen LogP contribution >= 0.6 is 11.8 Å². The number of carbonyl (C=O) groups excluding carboxylic acids is 1. The van der Waals surface area contributed by atoms with Crippen molar-refractivity contribution >= 4 is 17.5 Å². The Bertz CT molecular complexity index is 434. The fourth-order valence-electron chi connectivity index (χ4n) is 1.31. The lowest BCUT2D eigenvalue weighted by atomic mass is 10.1. The van der Waals surface area contributed by atoms with Crippen LogP contribution in [0.3, 0.4) is 0 Å². The highest BCUT2D eigenvalue weighted by Crippen LogP contribution is 2.34. The largest absolute Gasteiger partial charge is 0.289 e. The van der Waals surface area contributed by atoms with Gasteiger partial charge < -0.3 is 0 Å². The highest BCUT2D eigenvalue weighted by Gasteiger charge is 2.12. The van der Waals surface area contributed by atoms with Crippen LogP contribution < -0.4 is 0 Å². The number of hydrogen-bond acceptors (Lipinski definition) is 2. The van der Waals surface area contributed by atoms with Crippen molar-refractivity contribution < 1.29 is 9.18 Å². The summed E-state index contributed by atoms with van der Waals surface area (Å²) in [5.74, 6) is -0.242. The molecule has 0 amide bonds. The number of halogens is 1. The van der Waals surface area contributed by atoms with Crippen molar-refractivity contribution in [3.63, 3.8) is 0 Å². The highest BCUT2D eigenvalue weighted by molar-refractivity contribution is 8.06. The number of carbonyl (C=O) groups is 1. The lowest BCUT2D eigenvalue weighted by molar-refractivity contribution is 0.104. The van der Waals surface area contributed by atoms with Crippen molar-refractivity contribution in [3.8, 4) is 0 Å². The summed E-state index contributed by atoms with van der Waals surface area (Å²) in [7, 11) is 0. The van der Waals surface area contributed by atoms with Gasteiger partial charge in [0.2, 0.25) is 0 Å². The normalized spacial score (nSPS) is 17.9. The molecule has 3 heteroatoms. The summed E-state index contributed by atoms with van der Waals surface area (Å²) in [4.78, 5) is 12.4. The van der Waals surface area contributed by atoms with Gasteiger partial charge in [-0.15, -0.1) is 0 Å². The zero-order valence-electron chi connectivity index (χ0n) is 7.94. The van der Waals surface area contributed by atoms with E-state index in [1.165, 1.54) is 23.2 Å². The van der Waals surface area contributed by atoms with E-state index in [2.05, 4.69) is 0 Å². The first-order chi connectivity index (χ1) is 7.25. The highest BCUT2D eigenvalue weighted by atomic mass is 32.2. The molecule has 1 aliphatic rings. The van der Waals surface area contributed by atoms with Crippen molar-refractivity contribution in [1.82, 2.24) is 0 Å². The first-order valence-electron chi connectivity index (χ1n) is 4.57. The summed E-state index contributed by atoms with van der Waals surface area (Å²) in [6.45, 7) is 0. The van der Waals surface area contributed by atoms with Gasteiger partial charge in [-0.3, -0.25) is 4.79 Å². The Morgan fingerprint density at radius 3 is 2.67 bits per heavy atom. The standard InChI is InChI=1S/C12H9FOS/c13-10-6-11(15-8-10)7-12(14)9-4-2-1-3-5-9/h1-5,7-8H,6H2. The third-order valence-electron chi connectivity index (χ3n) is 2.03. The number of thioether (sulfide) groups is 1. The van der Waals surface area contributed by atoms with Gasteiger partial charge in [-0.05, 0) is 11.0 Å². The predicted octanol–water partition coefficient (Wildman–Crippen LogP) is 3.70. The van der Waals surface area contributed by atoms with E-state index in [0.717, 1.165) is 4.91 Å². The van der Waals surface area contributed by atoms with E-state index >= 15 is 0 Å². The molecule has 0 atom stereocenters. The topological polar surface area (TPSA) is 17.1 Å². The lowest BCUT2D eigenvalue weighted by Crippen LogP contribution is -1.94. The van der Waals surface area contributed by atoms with Crippen LogP contribution in [0.15, 0.2) is 52.5 Å². The Morgan fingerprint density at radius 1 is 1.33 bits per heavy atom. The second-order valence-corrected chi connectivity index (χ2v) is 4.20. The van der Waals surface area contributed by atoms with Gasteiger partial charge in [0.05, 0.1) is 0 Å². The summed E-state index contributed by atoms with van der Waals surface area (Å²) >= 11 is 1.28. The van der Waals surface area contributed by atoms with Gasteiger partial charge in [0.1, 0.15) is 5.83 Å². The molecule has 0 saturated carbocycles. The average molecular weight is 220 g/mol. The molecule has 2 rings (SSSR count). The molecular formula is C12H9FOS. The van der Waals surface area contributed by atoms with Crippen molar-refractivity contribution in [3.05, 3.63) is 58.1 Å². The average Bonchev–Trinajstić information content (AvgIpc) is 2.65. The second-order valence-electron chi connectivity index (χ2n) is 3.20. The molecule has 15 heavy (non-hydrogen) atoms. The van der Waals surface area contributed by atoms with Gasteiger partial charge in [-0.25, -0.2) is 4.39 Å². The van der Waals surface area contributed by atoms with E-state index in [0.29, 0.717) is 5.56 Å².